The minimum atomic E-state index is -3.83. The molecule has 2 aromatic heterocycles. The lowest BCUT2D eigenvalue weighted by molar-refractivity contribution is 0.392. The second kappa shape index (κ2) is 8.32. The smallest absolute Gasteiger partial charge is 0.271 e. The Morgan fingerprint density at radius 1 is 0.970 bits per heavy atom. The quantitative estimate of drug-likeness (QED) is 0.444. The molecule has 0 N–H and O–H groups in total. The molecule has 8 nitrogen and oxygen atoms in total. The molecule has 0 bridgehead atoms. The molecule has 2 heterocycles. The monoisotopic (exact) mass is 464 g/mol. The van der Waals surface area contributed by atoms with Gasteiger partial charge in [0, 0.05) is 18.7 Å². The minimum absolute atomic E-state index is 0.167. The van der Waals surface area contributed by atoms with Crippen molar-refractivity contribution in [2.75, 3.05) is 11.4 Å². The van der Waals surface area contributed by atoms with Crippen LogP contribution in [0.2, 0.25) is 0 Å². The van der Waals surface area contributed by atoms with Gasteiger partial charge in [0.05, 0.1) is 16.3 Å². The highest BCUT2D eigenvalue weighted by atomic mass is 32.2. The van der Waals surface area contributed by atoms with E-state index in [1.807, 2.05) is 25.1 Å². The van der Waals surface area contributed by atoms with Crippen LogP contribution in [0.15, 0.2) is 68.8 Å². The van der Waals surface area contributed by atoms with E-state index >= 15 is 0 Å². The lowest BCUT2D eigenvalue weighted by atomic mass is 10.1. The molecule has 0 radical (unpaired) electrons. The summed E-state index contributed by atoms with van der Waals surface area (Å²) in [6.45, 7) is 7.09. The number of sulfonamides is 1. The fraction of sp³-hybridized carbons (Fsp3) is 0.208. The summed E-state index contributed by atoms with van der Waals surface area (Å²) in [6, 6.07) is 15.4. The van der Waals surface area contributed by atoms with Gasteiger partial charge in [-0.25, -0.2) is 8.42 Å². The van der Waals surface area contributed by atoms with Crippen molar-refractivity contribution in [2.24, 2.45) is 0 Å². The van der Waals surface area contributed by atoms with Crippen LogP contribution in [0, 0.1) is 27.7 Å². The highest BCUT2D eigenvalue weighted by Crippen LogP contribution is 2.29. The Labute approximate surface area is 192 Å². The van der Waals surface area contributed by atoms with E-state index in [9.17, 15) is 13.2 Å². The molecule has 4 aromatic rings. The number of anilines is 1. The van der Waals surface area contributed by atoms with Crippen molar-refractivity contribution in [2.45, 2.75) is 32.6 Å². The SMILES string of the molecule is Cc1cccc(N(C)S(=O)(=O)c2cc(-c3ccc(=O)n(-c4c(C)noc4C)n3)ccc2C)c1. The Bertz CT molecular complexity index is 1500. The number of benzene rings is 2. The minimum Gasteiger partial charge on any atom is -0.359 e. The van der Waals surface area contributed by atoms with Crippen LogP contribution in [0.1, 0.15) is 22.6 Å². The van der Waals surface area contributed by atoms with E-state index in [1.54, 1.807) is 51.1 Å². The van der Waals surface area contributed by atoms with Gasteiger partial charge in [0.1, 0.15) is 11.4 Å². The first-order valence-electron chi connectivity index (χ1n) is 10.3. The van der Waals surface area contributed by atoms with Crippen molar-refractivity contribution in [3.05, 3.63) is 87.5 Å². The van der Waals surface area contributed by atoms with E-state index < -0.39 is 10.0 Å². The maximum Gasteiger partial charge on any atom is 0.271 e. The zero-order valence-corrected chi connectivity index (χ0v) is 19.8. The van der Waals surface area contributed by atoms with Crippen molar-refractivity contribution in [3.63, 3.8) is 0 Å². The van der Waals surface area contributed by atoms with Crippen LogP contribution in [0.4, 0.5) is 5.69 Å². The summed E-state index contributed by atoms with van der Waals surface area (Å²) in [4.78, 5) is 12.7. The number of rotatable bonds is 5. The van der Waals surface area contributed by atoms with Gasteiger partial charge in [0.2, 0.25) is 0 Å². The van der Waals surface area contributed by atoms with Gasteiger partial charge in [0.15, 0.2) is 5.76 Å². The molecule has 0 amide bonds. The largest absolute Gasteiger partial charge is 0.359 e. The zero-order valence-electron chi connectivity index (χ0n) is 19.0. The molecule has 0 saturated heterocycles. The van der Waals surface area contributed by atoms with E-state index in [0.29, 0.717) is 39.6 Å². The van der Waals surface area contributed by atoms with Gasteiger partial charge < -0.3 is 4.52 Å². The Morgan fingerprint density at radius 2 is 1.73 bits per heavy atom. The van der Waals surface area contributed by atoms with Gasteiger partial charge in [0.25, 0.3) is 15.6 Å². The predicted molar refractivity (Wildman–Crippen MR) is 126 cm³/mol. The van der Waals surface area contributed by atoms with Gasteiger partial charge in [-0.2, -0.15) is 9.78 Å². The summed E-state index contributed by atoms with van der Waals surface area (Å²) in [6.07, 6.45) is 0. The summed E-state index contributed by atoms with van der Waals surface area (Å²) >= 11 is 0. The lowest BCUT2D eigenvalue weighted by Crippen LogP contribution is -2.27. The van der Waals surface area contributed by atoms with Crippen molar-refractivity contribution in [1.29, 1.82) is 0 Å². The second-order valence-corrected chi connectivity index (χ2v) is 9.87. The number of nitrogens with zero attached hydrogens (tertiary/aromatic N) is 4. The Kier molecular flexibility index (Phi) is 5.67. The number of aromatic nitrogens is 3. The number of hydrogen-bond donors (Lipinski definition) is 0. The van der Waals surface area contributed by atoms with Crippen molar-refractivity contribution < 1.29 is 12.9 Å². The fourth-order valence-electron chi connectivity index (χ4n) is 3.65. The highest BCUT2D eigenvalue weighted by molar-refractivity contribution is 7.92. The zero-order chi connectivity index (χ0) is 23.9. The van der Waals surface area contributed by atoms with E-state index in [2.05, 4.69) is 10.3 Å². The first-order valence-corrected chi connectivity index (χ1v) is 11.7. The van der Waals surface area contributed by atoms with Gasteiger partial charge in [-0.05, 0) is 63.1 Å². The molecule has 2 aromatic carbocycles. The average molecular weight is 465 g/mol. The van der Waals surface area contributed by atoms with Crippen LogP contribution >= 0.6 is 0 Å². The third-order valence-corrected chi connectivity index (χ3v) is 7.42. The summed E-state index contributed by atoms with van der Waals surface area (Å²) < 4.78 is 34.6. The highest BCUT2D eigenvalue weighted by Gasteiger charge is 2.24. The molecule has 0 spiro atoms. The van der Waals surface area contributed by atoms with Crippen molar-refractivity contribution in [3.8, 4) is 16.9 Å². The van der Waals surface area contributed by atoms with E-state index in [-0.39, 0.29) is 10.5 Å². The van der Waals surface area contributed by atoms with Crippen LogP contribution in [0.25, 0.3) is 16.9 Å². The molecule has 9 heteroatoms. The van der Waals surface area contributed by atoms with Gasteiger partial charge in [-0.3, -0.25) is 9.10 Å². The van der Waals surface area contributed by atoms with Crippen LogP contribution in [-0.2, 0) is 10.0 Å². The molecular weight excluding hydrogens is 440 g/mol. The van der Waals surface area contributed by atoms with Crippen LogP contribution in [-0.4, -0.2) is 30.4 Å². The Morgan fingerprint density at radius 3 is 2.39 bits per heavy atom. The van der Waals surface area contributed by atoms with Crippen LogP contribution < -0.4 is 9.86 Å². The van der Waals surface area contributed by atoms with Crippen LogP contribution in [0.5, 0.6) is 0 Å². The third-order valence-electron chi connectivity index (χ3n) is 5.50. The lowest BCUT2D eigenvalue weighted by Gasteiger charge is -2.21. The molecule has 0 fully saturated rings. The molecule has 0 aliphatic rings. The third kappa shape index (κ3) is 4.07. The maximum absolute atomic E-state index is 13.5. The van der Waals surface area contributed by atoms with Crippen molar-refractivity contribution in [1.82, 2.24) is 14.9 Å². The average Bonchev–Trinajstić information content (AvgIpc) is 3.11. The summed E-state index contributed by atoms with van der Waals surface area (Å²) in [5.74, 6) is 0.464. The standard InChI is InChI=1S/C24H24N4O4S/c1-15-7-6-8-20(13-15)27(5)33(30,31)22-14-19(10-9-16(22)2)21-11-12-23(29)28(25-21)24-17(3)26-32-18(24)4/h6-14H,1-5H3. The van der Waals surface area contributed by atoms with E-state index in [0.717, 1.165) is 5.56 Å². The van der Waals surface area contributed by atoms with Crippen LogP contribution in [0.3, 0.4) is 0 Å². The van der Waals surface area contributed by atoms with Crippen molar-refractivity contribution >= 4 is 15.7 Å². The number of aryl methyl sites for hydroxylation is 4. The van der Waals surface area contributed by atoms with E-state index in [4.69, 9.17) is 4.52 Å². The first kappa shape index (κ1) is 22.5. The molecule has 170 valence electrons. The Balaban J connectivity index is 1.82. The Hall–Kier alpha value is -3.72. The molecule has 0 saturated carbocycles. The molecule has 0 unspecified atom stereocenters. The fourth-order valence-corrected chi connectivity index (χ4v) is 5.09. The summed E-state index contributed by atoms with van der Waals surface area (Å²) in [5.41, 5.74) is 3.83. The topological polar surface area (TPSA) is 98.3 Å². The molecule has 0 aliphatic heterocycles. The predicted octanol–water partition coefficient (Wildman–Crippen LogP) is 3.95. The van der Waals surface area contributed by atoms with Gasteiger partial charge in [-0.1, -0.05) is 29.4 Å². The van der Waals surface area contributed by atoms with Gasteiger partial charge in [-0.15, -0.1) is 0 Å². The maximum atomic E-state index is 13.5. The molecule has 0 atom stereocenters. The molecular formula is C24H24N4O4S. The van der Waals surface area contributed by atoms with E-state index in [1.165, 1.54) is 22.1 Å². The molecule has 4 rings (SSSR count). The number of hydrogen-bond acceptors (Lipinski definition) is 6. The normalized spacial score (nSPS) is 11.5. The summed E-state index contributed by atoms with van der Waals surface area (Å²) in [5, 5.41) is 8.36. The molecule has 0 aliphatic carbocycles. The summed E-state index contributed by atoms with van der Waals surface area (Å²) in [7, 11) is -2.30. The first-order chi connectivity index (χ1) is 15.6. The molecule has 33 heavy (non-hydrogen) atoms. The van der Waals surface area contributed by atoms with Gasteiger partial charge >= 0.3 is 0 Å². The second-order valence-electron chi connectivity index (χ2n) is 7.93.